The van der Waals surface area contributed by atoms with Crippen LogP contribution in [0.5, 0.6) is 0 Å². The van der Waals surface area contributed by atoms with Crippen molar-refractivity contribution in [1.29, 1.82) is 0 Å². The third-order valence-corrected chi connectivity index (χ3v) is 2.02. The number of aliphatic carboxylic acids is 1. The van der Waals surface area contributed by atoms with Gasteiger partial charge in [0.2, 0.25) is 6.41 Å². The predicted octanol–water partition coefficient (Wildman–Crippen LogP) is 0.706. The molecule has 1 rings (SSSR count). The second kappa shape index (κ2) is 5.20. The quantitative estimate of drug-likeness (QED) is 0.730. The van der Waals surface area contributed by atoms with Crippen molar-refractivity contribution in [2.24, 2.45) is 0 Å². The van der Waals surface area contributed by atoms with E-state index in [0.717, 1.165) is 6.07 Å². The second-order valence-corrected chi connectivity index (χ2v) is 3.09. The van der Waals surface area contributed by atoms with E-state index in [1.165, 1.54) is 12.1 Å². The van der Waals surface area contributed by atoms with E-state index in [9.17, 15) is 18.4 Å². The minimum absolute atomic E-state index is 0.0956. The molecule has 1 aromatic carbocycles. The molecular formula is C10H9F2NO3. The summed E-state index contributed by atoms with van der Waals surface area (Å²) in [6, 6.07) is 2.20. The summed E-state index contributed by atoms with van der Waals surface area (Å²) >= 11 is 0. The first-order valence-corrected chi connectivity index (χ1v) is 4.41. The van der Waals surface area contributed by atoms with E-state index >= 15 is 0 Å². The Labute approximate surface area is 89.9 Å². The summed E-state index contributed by atoms with van der Waals surface area (Å²) < 4.78 is 26.0. The summed E-state index contributed by atoms with van der Waals surface area (Å²) in [7, 11) is 0. The van der Waals surface area contributed by atoms with Gasteiger partial charge in [-0.15, -0.1) is 0 Å². The Morgan fingerprint density at radius 1 is 1.50 bits per heavy atom. The van der Waals surface area contributed by atoms with Crippen molar-refractivity contribution in [3.63, 3.8) is 0 Å². The van der Waals surface area contributed by atoms with Crippen molar-refractivity contribution in [3.05, 3.63) is 35.4 Å². The molecule has 1 aromatic rings. The molecule has 6 heteroatoms. The summed E-state index contributed by atoms with van der Waals surface area (Å²) in [5.74, 6) is -3.45. The second-order valence-electron chi connectivity index (χ2n) is 3.09. The van der Waals surface area contributed by atoms with Crippen molar-refractivity contribution >= 4 is 12.4 Å². The summed E-state index contributed by atoms with van der Waals surface area (Å²) in [4.78, 5) is 20.8. The highest BCUT2D eigenvalue weighted by atomic mass is 19.2. The number of hydrogen-bond donors (Lipinski definition) is 2. The van der Waals surface area contributed by atoms with Crippen LogP contribution in [0.3, 0.4) is 0 Å². The van der Waals surface area contributed by atoms with Gasteiger partial charge in [-0.25, -0.2) is 13.6 Å². The van der Waals surface area contributed by atoms with Crippen LogP contribution in [0.2, 0.25) is 0 Å². The van der Waals surface area contributed by atoms with Crippen molar-refractivity contribution < 1.29 is 23.5 Å². The first-order valence-electron chi connectivity index (χ1n) is 4.41. The van der Waals surface area contributed by atoms with E-state index in [0.29, 0.717) is 0 Å². The molecule has 16 heavy (non-hydrogen) atoms. The Morgan fingerprint density at radius 2 is 2.19 bits per heavy atom. The van der Waals surface area contributed by atoms with Crippen LogP contribution in [-0.2, 0) is 16.0 Å². The van der Waals surface area contributed by atoms with E-state index < -0.39 is 23.6 Å². The van der Waals surface area contributed by atoms with Gasteiger partial charge in [-0.05, 0) is 11.6 Å². The monoisotopic (exact) mass is 229 g/mol. The van der Waals surface area contributed by atoms with Crippen molar-refractivity contribution in [1.82, 2.24) is 5.32 Å². The average Bonchev–Trinajstić information content (AvgIpc) is 2.23. The minimum Gasteiger partial charge on any atom is -0.480 e. The lowest BCUT2D eigenvalue weighted by molar-refractivity contribution is -0.140. The zero-order valence-corrected chi connectivity index (χ0v) is 8.11. The van der Waals surface area contributed by atoms with Crippen LogP contribution in [0.4, 0.5) is 8.78 Å². The molecular weight excluding hydrogens is 220 g/mol. The Hall–Kier alpha value is -1.98. The first kappa shape index (κ1) is 12.1. The SMILES string of the molecule is O=CNC(Cc1cccc(F)c1F)C(=O)O. The fourth-order valence-corrected chi connectivity index (χ4v) is 1.23. The zero-order valence-electron chi connectivity index (χ0n) is 8.11. The summed E-state index contributed by atoms with van der Waals surface area (Å²) in [6.07, 6.45) is -0.104. The number of carboxylic acid groups (broad SMARTS) is 1. The molecule has 4 nitrogen and oxygen atoms in total. The molecule has 0 aliphatic heterocycles. The van der Waals surface area contributed by atoms with Crippen LogP contribution >= 0.6 is 0 Å². The molecule has 1 atom stereocenters. The normalized spacial score (nSPS) is 11.9. The maximum atomic E-state index is 13.2. The fraction of sp³-hybridized carbons (Fsp3) is 0.200. The van der Waals surface area contributed by atoms with E-state index in [1.54, 1.807) is 0 Å². The van der Waals surface area contributed by atoms with Crippen LogP contribution < -0.4 is 5.32 Å². The van der Waals surface area contributed by atoms with Crippen LogP contribution in [0, 0.1) is 11.6 Å². The van der Waals surface area contributed by atoms with Crippen molar-refractivity contribution in [3.8, 4) is 0 Å². The highest BCUT2D eigenvalue weighted by Crippen LogP contribution is 2.13. The molecule has 0 aromatic heterocycles. The molecule has 0 radical (unpaired) electrons. The number of hydrogen-bond acceptors (Lipinski definition) is 2. The zero-order chi connectivity index (χ0) is 12.1. The van der Waals surface area contributed by atoms with Gasteiger partial charge in [0.25, 0.3) is 0 Å². The molecule has 0 heterocycles. The summed E-state index contributed by atoms with van der Waals surface area (Å²) in [5.41, 5.74) is -0.0956. The van der Waals surface area contributed by atoms with Gasteiger partial charge in [0.1, 0.15) is 6.04 Å². The number of halogens is 2. The number of nitrogens with one attached hydrogen (secondary N) is 1. The number of carbonyl (C=O) groups excluding carboxylic acids is 1. The highest BCUT2D eigenvalue weighted by Gasteiger charge is 2.19. The molecule has 0 spiro atoms. The van der Waals surface area contributed by atoms with Gasteiger partial charge in [-0.2, -0.15) is 0 Å². The summed E-state index contributed by atoms with van der Waals surface area (Å²) in [5, 5.41) is 10.7. The van der Waals surface area contributed by atoms with Gasteiger partial charge in [0.05, 0.1) is 0 Å². The van der Waals surface area contributed by atoms with Crippen LogP contribution in [-0.4, -0.2) is 23.5 Å². The third-order valence-electron chi connectivity index (χ3n) is 2.02. The number of carbonyl (C=O) groups is 2. The molecule has 0 aliphatic carbocycles. The lowest BCUT2D eigenvalue weighted by atomic mass is 10.1. The fourth-order valence-electron chi connectivity index (χ4n) is 1.23. The lowest BCUT2D eigenvalue weighted by Crippen LogP contribution is -2.37. The van der Waals surface area contributed by atoms with Crippen LogP contribution in [0.15, 0.2) is 18.2 Å². The highest BCUT2D eigenvalue weighted by molar-refractivity contribution is 5.76. The van der Waals surface area contributed by atoms with Crippen LogP contribution in [0.1, 0.15) is 5.56 Å². The molecule has 0 aliphatic rings. The number of amides is 1. The first-order chi connectivity index (χ1) is 7.56. The number of rotatable bonds is 5. The number of carboxylic acids is 1. The maximum absolute atomic E-state index is 13.2. The summed E-state index contributed by atoms with van der Waals surface area (Å²) in [6.45, 7) is 0. The maximum Gasteiger partial charge on any atom is 0.326 e. The van der Waals surface area contributed by atoms with E-state index in [-0.39, 0.29) is 18.4 Å². The molecule has 2 N–H and O–H groups in total. The smallest absolute Gasteiger partial charge is 0.326 e. The van der Waals surface area contributed by atoms with Gasteiger partial charge >= 0.3 is 5.97 Å². The molecule has 1 amide bonds. The Kier molecular flexibility index (Phi) is 3.93. The van der Waals surface area contributed by atoms with Gasteiger partial charge in [0.15, 0.2) is 11.6 Å². The predicted molar refractivity (Wildman–Crippen MR) is 50.7 cm³/mol. The Bertz CT molecular complexity index is 409. The minimum atomic E-state index is -1.31. The molecule has 86 valence electrons. The van der Waals surface area contributed by atoms with Crippen molar-refractivity contribution in [2.75, 3.05) is 0 Å². The van der Waals surface area contributed by atoms with E-state index in [4.69, 9.17) is 5.11 Å². The van der Waals surface area contributed by atoms with Gasteiger partial charge in [0, 0.05) is 6.42 Å². The molecule has 0 saturated carbocycles. The van der Waals surface area contributed by atoms with Gasteiger partial charge in [-0.1, -0.05) is 12.1 Å². The molecule has 0 fully saturated rings. The lowest BCUT2D eigenvalue weighted by Gasteiger charge is -2.11. The number of benzene rings is 1. The Balaban J connectivity index is 2.89. The molecule has 1 unspecified atom stereocenters. The molecule has 0 saturated heterocycles. The average molecular weight is 229 g/mol. The van der Waals surface area contributed by atoms with Gasteiger partial charge in [-0.3, -0.25) is 4.79 Å². The Morgan fingerprint density at radius 3 is 2.75 bits per heavy atom. The third kappa shape index (κ3) is 2.75. The van der Waals surface area contributed by atoms with E-state index in [1.807, 2.05) is 5.32 Å². The van der Waals surface area contributed by atoms with E-state index in [2.05, 4.69) is 0 Å². The standard InChI is InChI=1S/C10H9F2NO3/c11-7-3-1-2-6(9(7)12)4-8(10(15)16)13-5-14/h1-3,5,8H,4H2,(H,13,14)(H,15,16). The molecule has 0 bridgehead atoms. The van der Waals surface area contributed by atoms with Crippen LogP contribution in [0.25, 0.3) is 0 Å². The van der Waals surface area contributed by atoms with Crippen molar-refractivity contribution in [2.45, 2.75) is 12.5 Å². The largest absolute Gasteiger partial charge is 0.480 e. The topological polar surface area (TPSA) is 66.4 Å². The van der Waals surface area contributed by atoms with Gasteiger partial charge < -0.3 is 10.4 Å².